The molecule has 0 unspecified atom stereocenters. The van der Waals surface area contributed by atoms with Crippen molar-refractivity contribution in [3.8, 4) is 0 Å². The minimum absolute atomic E-state index is 0.325. The van der Waals surface area contributed by atoms with Gasteiger partial charge < -0.3 is 0 Å². The zero-order valence-electron chi connectivity index (χ0n) is 19.0. The van der Waals surface area contributed by atoms with Crippen LogP contribution in [0, 0.1) is 0 Å². The van der Waals surface area contributed by atoms with E-state index in [1.54, 1.807) is 0 Å². The molecule has 3 nitrogen and oxygen atoms in total. The number of amides is 1. The molecule has 0 saturated heterocycles. The number of alkyl carbamates (subject to hydrolysis) is 1. The van der Waals surface area contributed by atoms with E-state index in [1.165, 1.54) is 57.4 Å². The molecule has 0 bridgehead atoms. The van der Waals surface area contributed by atoms with E-state index >= 15 is 0 Å². The van der Waals surface area contributed by atoms with Crippen LogP contribution in [0.1, 0.15) is 86.5 Å². The first-order valence-corrected chi connectivity index (χ1v) is 18.7. The Hall–Kier alpha value is -0.451. The molecule has 0 rings (SSSR count). The first-order valence-electron chi connectivity index (χ1n) is 11.0. The zero-order chi connectivity index (χ0) is 20.8. The van der Waals surface area contributed by atoms with Crippen molar-refractivity contribution in [3.05, 3.63) is 22.3 Å². The zero-order valence-corrected chi connectivity index (χ0v) is 21.8. The van der Waals surface area contributed by atoms with Crippen molar-refractivity contribution < 1.29 is 9.53 Å². The van der Waals surface area contributed by atoms with Crippen LogP contribution in [0.5, 0.6) is 0 Å². The average molecular weight is 486 g/mol. The summed E-state index contributed by atoms with van der Waals surface area (Å²) in [6.07, 6.45) is 10.4. The molecule has 0 spiro atoms. The molecule has 27 heavy (non-hydrogen) atoms. The molecule has 1 N–H and O–H groups in total. The van der Waals surface area contributed by atoms with Gasteiger partial charge in [-0.05, 0) is 0 Å². The Bertz CT molecular complexity index is 430. The van der Waals surface area contributed by atoms with Crippen LogP contribution in [0.3, 0.4) is 0 Å². The van der Waals surface area contributed by atoms with Gasteiger partial charge in [0.25, 0.3) is 0 Å². The minimum atomic E-state index is -2.36. The van der Waals surface area contributed by atoms with Gasteiger partial charge in [-0.2, -0.15) is 0 Å². The summed E-state index contributed by atoms with van der Waals surface area (Å²) in [6.45, 7) is 17.1. The first kappa shape index (κ1) is 26.5. The second-order valence-electron chi connectivity index (χ2n) is 8.82. The number of carbonyl (C=O) groups excluding carboxylic acids is 1. The fourth-order valence-electron chi connectivity index (χ4n) is 3.48. The molecule has 0 heterocycles. The standard InChI is InChI=1S/C11H18NO2.3C4H9.Sn/c1-6-7-9(2)8-12-10(13)14-11(3,4)5;3*1-3-4-2;/h2,6H,1,7-8H2,3-5H3,(H,12,13);3*1,3-4H2,2H3;. The number of ether oxygens (including phenoxy) is 1. The third kappa shape index (κ3) is 13.4. The molecule has 0 aromatic heterocycles. The summed E-state index contributed by atoms with van der Waals surface area (Å²) in [6, 6.07) is 0. The van der Waals surface area contributed by atoms with E-state index in [1.807, 2.05) is 26.8 Å². The van der Waals surface area contributed by atoms with E-state index < -0.39 is 24.0 Å². The van der Waals surface area contributed by atoms with Gasteiger partial charge in [-0.15, -0.1) is 0 Å². The molecule has 0 aromatic carbocycles. The second-order valence-corrected chi connectivity index (χ2v) is 21.7. The third-order valence-corrected chi connectivity index (χ3v) is 19.3. The Labute approximate surface area is 173 Å². The van der Waals surface area contributed by atoms with Crippen molar-refractivity contribution >= 4 is 24.5 Å². The van der Waals surface area contributed by atoms with Crippen LogP contribution in [0.15, 0.2) is 22.3 Å². The third-order valence-electron chi connectivity index (χ3n) is 4.86. The molecule has 1 amide bonds. The molecular formula is C23H45NO2Sn. The van der Waals surface area contributed by atoms with E-state index in [0.29, 0.717) is 6.54 Å². The van der Waals surface area contributed by atoms with Gasteiger partial charge in [0.15, 0.2) is 0 Å². The topological polar surface area (TPSA) is 38.3 Å². The Balaban J connectivity index is 5.38. The van der Waals surface area contributed by atoms with Crippen LogP contribution in [-0.2, 0) is 4.74 Å². The van der Waals surface area contributed by atoms with Gasteiger partial charge in [0, 0.05) is 0 Å². The number of rotatable bonds is 14. The fraction of sp³-hybridized carbons (Fsp3) is 0.783. The molecule has 0 aliphatic heterocycles. The van der Waals surface area contributed by atoms with Gasteiger partial charge in [0.1, 0.15) is 0 Å². The van der Waals surface area contributed by atoms with Crippen molar-refractivity contribution in [2.24, 2.45) is 0 Å². The molecule has 0 atom stereocenters. The molecular weight excluding hydrogens is 441 g/mol. The van der Waals surface area contributed by atoms with E-state index in [0.717, 1.165) is 6.42 Å². The maximum atomic E-state index is 12.1. The van der Waals surface area contributed by atoms with Crippen molar-refractivity contribution in [3.63, 3.8) is 0 Å². The van der Waals surface area contributed by atoms with Crippen LogP contribution < -0.4 is 5.32 Å². The van der Waals surface area contributed by atoms with Gasteiger partial charge in [-0.25, -0.2) is 0 Å². The molecule has 0 fully saturated rings. The second kappa shape index (κ2) is 14.5. The monoisotopic (exact) mass is 487 g/mol. The van der Waals surface area contributed by atoms with E-state index in [2.05, 4.69) is 36.8 Å². The van der Waals surface area contributed by atoms with E-state index in [4.69, 9.17) is 4.74 Å². The van der Waals surface area contributed by atoms with Crippen molar-refractivity contribution in [2.45, 2.75) is 105 Å². The van der Waals surface area contributed by atoms with Crippen LogP contribution >= 0.6 is 0 Å². The number of allylic oxidation sites excluding steroid dienone is 1. The van der Waals surface area contributed by atoms with E-state index in [9.17, 15) is 4.79 Å². The molecule has 0 saturated carbocycles. The molecule has 4 heteroatoms. The summed E-state index contributed by atoms with van der Waals surface area (Å²) in [5, 5.41) is 2.97. The summed E-state index contributed by atoms with van der Waals surface area (Å²) in [5.41, 5.74) is 0.883. The van der Waals surface area contributed by atoms with E-state index in [-0.39, 0.29) is 6.09 Å². The van der Waals surface area contributed by atoms with Crippen molar-refractivity contribution in [1.82, 2.24) is 5.32 Å². The van der Waals surface area contributed by atoms with Gasteiger partial charge in [0.05, 0.1) is 0 Å². The SMILES string of the molecule is C=CC/C(=[CH]\[Sn]([CH2]CCC)([CH2]CCC)[CH2]CCC)CNC(=O)OC(C)(C)C. The quantitative estimate of drug-likeness (QED) is 0.205. The summed E-state index contributed by atoms with van der Waals surface area (Å²) < 4.78 is 12.4. The Morgan fingerprint density at radius 3 is 1.85 bits per heavy atom. The van der Waals surface area contributed by atoms with Crippen LogP contribution in [0.2, 0.25) is 13.3 Å². The number of unbranched alkanes of at least 4 members (excludes halogenated alkanes) is 3. The van der Waals surface area contributed by atoms with Crippen molar-refractivity contribution in [1.29, 1.82) is 0 Å². The maximum absolute atomic E-state index is 12.1. The molecule has 0 aliphatic rings. The summed E-state index contributed by atoms with van der Waals surface area (Å²) in [7, 11) is 0. The van der Waals surface area contributed by atoms with Gasteiger partial charge in [-0.1, -0.05) is 0 Å². The Morgan fingerprint density at radius 1 is 1.00 bits per heavy atom. The molecule has 0 radical (unpaired) electrons. The van der Waals surface area contributed by atoms with Gasteiger partial charge in [0.2, 0.25) is 0 Å². The normalized spacial score (nSPS) is 12.7. The number of nitrogens with one attached hydrogen (secondary N) is 1. The first-order chi connectivity index (χ1) is 12.7. The Morgan fingerprint density at radius 2 is 1.48 bits per heavy atom. The van der Waals surface area contributed by atoms with Crippen LogP contribution in [0.25, 0.3) is 0 Å². The van der Waals surface area contributed by atoms with Crippen molar-refractivity contribution in [2.75, 3.05) is 6.54 Å². The predicted octanol–water partition coefficient (Wildman–Crippen LogP) is 7.40. The van der Waals surface area contributed by atoms with Crippen LogP contribution in [-0.4, -0.2) is 36.6 Å². The average Bonchev–Trinajstić information content (AvgIpc) is 2.59. The Kier molecular flexibility index (Phi) is 14.3. The number of hydrogen-bond acceptors (Lipinski definition) is 2. The molecule has 0 aromatic rings. The molecule has 158 valence electrons. The predicted molar refractivity (Wildman–Crippen MR) is 122 cm³/mol. The number of hydrogen-bond donors (Lipinski definition) is 1. The molecule has 0 aliphatic carbocycles. The number of carbonyl (C=O) groups is 1. The van der Waals surface area contributed by atoms with Gasteiger partial charge in [-0.3, -0.25) is 0 Å². The van der Waals surface area contributed by atoms with Gasteiger partial charge >= 0.3 is 174 Å². The van der Waals surface area contributed by atoms with Crippen LogP contribution in [0.4, 0.5) is 4.79 Å². The fourth-order valence-corrected chi connectivity index (χ4v) is 19.0. The summed E-state index contributed by atoms with van der Waals surface area (Å²) in [4.78, 5) is 12.1. The summed E-state index contributed by atoms with van der Waals surface area (Å²) in [5.74, 6) is 0. The summed E-state index contributed by atoms with van der Waals surface area (Å²) >= 11 is -2.36.